The number of nitrogens with zero attached hydrogens (tertiary/aromatic N) is 1. The number of carbonyl (C=O) groups excluding carboxylic acids is 1. The van der Waals surface area contributed by atoms with Crippen LogP contribution in [0, 0.1) is 32.1 Å². The Morgan fingerprint density at radius 2 is 2.05 bits per heavy atom. The Hall–Kier alpha value is -2.32. The first-order valence-corrected chi connectivity index (χ1v) is 6.94. The van der Waals surface area contributed by atoms with Gasteiger partial charge in [0.2, 0.25) is 0 Å². The second kappa shape index (κ2) is 5.35. The van der Waals surface area contributed by atoms with Gasteiger partial charge in [-0.25, -0.2) is 0 Å². The molecule has 5 heteroatoms. The Kier molecular flexibility index (Phi) is 3.77. The lowest BCUT2D eigenvalue weighted by molar-refractivity contribution is 0.102. The molecule has 4 nitrogen and oxygen atoms in total. The summed E-state index contributed by atoms with van der Waals surface area (Å²) in [6.45, 7) is 5.64. The van der Waals surface area contributed by atoms with E-state index in [-0.39, 0.29) is 5.91 Å². The summed E-state index contributed by atoms with van der Waals surface area (Å²) >= 11 is 1.41. The molecule has 2 rings (SSSR count). The third kappa shape index (κ3) is 2.38. The zero-order valence-electron chi connectivity index (χ0n) is 11.6. The summed E-state index contributed by atoms with van der Waals surface area (Å²) in [5.41, 5.74) is 8.99. The summed E-state index contributed by atoms with van der Waals surface area (Å²) < 4.78 is 0. The van der Waals surface area contributed by atoms with Crippen molar-refractivity contribution >= 4 is 27.9 Å². The van der Waals surface area contributed by atoms with E-state index in [4.69, 9.17) is 5.73 Å². The van der Waals surface area contributed by atoms with Crippen molar-refractivity contribution in [3.8, 4) is 6.07 Å². The molecule has 1 aromatic heterocycles. The van der Waals surface area contributed by atoms with E-state index >= 15 is 0 Å². The van der Waals surface area contributed by atoms with Crippen LogP contribution in [0.3, 0.4) is 0 Å². The molecule has 1 aromatic carbocycles. The van der Waals surface area contributed by atoms with E-state index in [0.29, 0.717) is 21.8 Å². The van der Waals surface area contributed by atoms with E-state index in [1.807, 2.05) is 32.9 Å². The normalized spacial score (nSPS) is 10.1. The molecule has 0 fully saturated rings. The predicted molar refractivity (Wildman–Crippen MR) is 82.1 cm³/mol. The molecule has 0 unspecified atom stereocenters. The van der Waals surface area contributed by atoms with Gasteiger partial charge in [-0.15, -0.1) is 11.3 Å². The van der Waals surface area contributed by atoms with Gasteiger partial charge in [0, 0.05) is 10.6 Å². The molecule has 2 aromatic rings. The van der Waals surface area contributed by atoms with Gasteiger partial charge in [0.05, 0.1) is 11.1 Å². The summed E-state index contributed by atoms with van der Waals surface area (Å²) in [6, 6.07) is 7.47. The Morgan fingerprint density at radius 3 is 2.65 bits per heavy atom. The summed E-state index contributed by atoms with van der Waals surface area (Å²) in [5.74, 6) is -0.279. The van der Waals surface area contributed by atoms with Gasteiger partial charge in [-0.2, -0.15) is 5.26 Å². The van der Waals surface area contributed by atoms with Crippen LogP contribution in [-0.2, 0) is 0 Å². The van der Waals surface area contributed by atoms with Crippen molar-refractivity contribution < 1.29 is 4.79 Å². The van der Waals surface area contributed by atoms with Crippen LogP contribution < -0.4 is 11.1 Å². The van der Waals surface area contributed by atoms with Crippen LogP contribution in [0.1, 0.15) is 31.9 Å². The third-order valence-corrected chi connectivity index (χ3v) is 4.38. The van der Waals surface area contributed by atoms with E-state index in [9.17, 15) is 10.1 Å². The van der Waals surface area contributed by atoms with Gasteiger partial charge in [0.1, 0.15) is 11.1 Å². The largest absolute Gasteiger partial charge is 0.398 e. The molecule has 20 heavy (non-hydrogen) atoms. The predicted octanol–water partition coefficient (Wildman–Crippen LogP) is 3.38. The van der Waals surface area contributed by atoms with Crippen LogP contribution in [0.2, 0.25) is 0 Å². The number of aryl methyl sites for hydroxylation is 2. The standard InChI is InChI=1S/C15H15N3OS/c1-8-5-4-6-12(17)13(8)14(19)18-15-11(7-16)9(2)10(3)20-15/h4-6H,17H2,1-3H3,(H,18,19). The average Bonchev–Trinajstić information content (AvgIpc) is 2.64. The van der Waals surface area contributed by atoms with Crippen LogP contribution in [0.5, 0.6) is 0 Å². The second-order valence-corrected chi connectivity index (χ2v) is 5.82. The van der Waals surface area contributed by atoms with Crippen LogP contribution in [-0.4, -0.2) is 5.91 Å². The fourth-order valence-electron chi connectivity index (χ4n) is 2.02. The molecule has 0 aliphatic heterocycles. The first-order valence-electron chi connectivity index (χ1n) is 6.12. The lowest BCUT2D eigenvalue weighted by Gasteiger charge is -2.09. The number of nitriles is 1. The number of nitrogen functional groups attached to an aromatic ring is 1. The molecular weight excluding hydrogens is 270 g/mol. The highest BCUT2D eigenvalue weighted by Crippen LogP contribution is 2.32. The highest BCUT2D eigenvalue weighted by molar-refractivity contribution is 7.16. The van der Waals surface area contributed by atoms with Crippen molar-refractivity contribution in [2.45, 2.75) is 20.8 Å². The van der Waals surface area contributed by atoms with Crippen molar-refractivity contribution in [1.29, 1.82) is 5.26 Å². The van der Waals surface area contributed by atoms with Gasteiger partial charge in [-0.05, 0) is 38.0 Å². The zero-order valence-corrected chi connectivity index (χ0v) is 12.4. The number of nitrogens with two attached hydrogens (primary N) is 1. The Morgan fingerprint density at radius 1 is 1.35 bits per heavy atom. The second-order valence-electron chi connectivity index (χ2n) is 4.59. The minimum atomic E-state index is -0.279. The number of hydrogen-bond acceptors (Lipinski definition) is 4. The number of nitrogens with one attached hydrogen (secondary N) is 1. The average molecular weight is 285 g/mol. The van der Waals surface area contributed by atoms with Crippen LogP contribution in [0.15, 0.2) is 18.2 Å². The number of amides is 1. The van der Waals surface area contributed by atoms with Gasteiger partial charge in [-0.1, -0.05) is 12.1 Å². The molecule has 0 radical (unpaired) electrons. The van der Waals surface area contributed by atoms with Crippen molar-refractivity contribution in [3.63, 3.8) is 0 Å². The van der Waals surface area contributed by atoms with E-state index in [1.165, 1.54) is 11.3 Å². The van der Waals surface area contributed by atoms with Gasteiger partial charge in [-0.3, -0.25) is 4.79 Å². The molecule has 0 saturated heterocycles. The molecule has 0 atom stereocenters. The summed E-state index contributed by atoms with van der Waals surface area (Å²) in [7, 11) is 0. The number of carbonyl (C=O) groups is 1. The van der Waals surface area contributed by atoms with Crippen molar-refractivity contribution in [1.82, 2.24) is 0 Å². The van der Waals surface area contributed by atoms with E-state index in [0.717, 1.165) is 16.0 Å². The van der Waals surface area contributed by atoms with Crippen LogP contribution in [0.4, 0.5) is 10.7 Å². The first-order chi connectivity index (χ1) is 9.45. The molecule has 1 heterocycles. The number of anilines is 2. The van der Waals surface area contributed by atoms with Gasteiger partial charge >= 0.3 is 0 Å². The lowest BCUT2D eigenvalue weighted by atomic mass is 10.1. The Labute approximate surface area is 121 Å². The van der Waals surface area contributed by atoms with Gasteiger partial charge < -0.3 is 11.1 Å². The third-order valence-electron chi connectivity index (χ3n) is 3.26. The molecule has 0 saturated carbocycles. The van der Waals surface area contributed by atoms with Crippen LogP contribution >= 0.6 is 11.3 Å². The van der Waals surface area contributed by atoms with Gasteiger partial charge in [0.25, 0.3) is 5.91 Å². The number of rotatable bonds is 2. The fourth-order valence-corrected chi connectivity index (χ4v) is 3.02. The maximum absolute atomic E-state index is 12.4. The zero-order chi connectivity index (χ0) is 14.9. The molecule has 3 N–H and O–H groups in total. The number of benzene rings is 1. The van der Waals surface area contributed by atoms with Crippen molar-refractivity contribution in [2.75, 3.05) is 11.1 Å². The fraction of sp³-hybridized carbons (Fsp3) is 0.200. The molecule has 0 bridgehead atoms. The van der Waals surface area contributed by atoms with E-state index < -0.39 is 0 Å². The highest BCUT2D eigenvalue weighted by atomic mass is 32.1. The van der Waals surface area contributed by atoms with E-state index in [1.54, 1.807) is 6.07 Å². The summed E-state index contributed by atoms with van der Waals surface area (Å²) in [5, 5.41) is 12.6. The quantitative estimate of drug-likeness (QED) is 0.830. The van der Waals surface area contributed by atoms with Gasteiger partial charge in [0.15, 0.2) is 0 Å². The topological polar surface area (TPSA) is 78.9 Å². The minimum Gasteiger partial charge on any atom is -0.398 e. The van der Waals surface area contributed by atoms with E-state index in [2.05, 4.69) is 11.4 Å². The number of hydrogen-bond donors (Lipinski definition) is 2. The molecule has 1 amide bonds. The number of thiophene rings is 1. The minimum absolute atomic E-state index is 0.279. The summed E-state index contributed by atoms with van der Waals surface area (Å²) in [4.78, 5) is 13.4. The van der Waals surface area contributed by atoms with Crippen LogP contribution in [0.25, 0.3) is 0 Å². The molecule has 102 valence electrons. The molecule has 0 spiro atoms. The monoisotopic (exact) mass is 285 g/mol. The maximum atomic E-state index is 12.4. The van der Waals surface area contributed by atoms with Crippen molar-refractivity contribution in [2.24, 2.45) is 0 Å². The van der Waals surface area contributed by atoms with Crippen molar-refractivity contribution in [3.05, 3.63) is 45.3 Å². The molecule has 0 aliphatic carbocycles. The SMILES string of the molecule is Cc1cccc(N)c1C(=O)Nc1sc(C)c(C)c1C#N. The maximum Gasteiger partial charge on any atom is 0.258 e. The smallest absolute Gasteiger partial charge is 0.258 e. The highest BCUT2D eigenvalue weighted by Gasteiger charge is 2.18. The Bertz CT molecular complexity index is 705. The lowest BCUT2D eigenvalue weighted by Crippen LogP contribution is -2.15. The Balaban J connectivity index is 2.39. The summed E-state index contributed by atoms with van der Waals surface area (Å²) in [6.07, 6.45) is 0. The first kappa shape index (κ1) is 14.1. The molecular formula is C15H15N3OS. The molecule has 0 aliphatic rings.